The minimum atomic E-state index is -0.534. The first-order chi connectivity index (χ1) is 11.2. The molecule has 1 unspecified atom stereocenters. The number of nitrogens with one attached hydrogen (secondary N) is 2. The van der Waals surface area contributed by atoms with E-state index in [4.69, 9.17) is 9.47 Å². The minimum Gasteiger partial charge on any atom is -0.497 e. The molecule has 3 N–H and O–H groups in total. The number of halogens is 2. The van der Waals surface area contributed by atoms with Crippen LogP contribution < -0.4 is 20.1 Å². The summed E-state index contributed by atoms with van der Waals surface area (Å²) in [5.74, 6) is 1.53. The molecule has 0 bridgehead atoms. The highest BCUT2D eigenvalue weighted by Crippen LogP contribution is 2.28. The molecule has 0 spiro atoms. The third-order valence-electron chi connectivity index (χ3n) is 4.33. The first-order valence-electron chi connectivity index (χ1n) is 8.67. The monoisotopic (exact) mass is 408 g/mol. The van der Waals surface area contributed by atoms with Gasteiger partial charge in [-0.15, -0.1) is 24.8 Å². The molecule has 1 aromatic carbocycles. The summed E-state index contributed by atoms with van der Waals surface area (Å²) in [4.78, 5) is 0. The third kappa shape index (κ3) is 8.31. The Kier molecular flexibility index (Phi) is 10.3. The second-order valence-corrected chi connectivity index (χ2v) is 8.05. The van der Waals surface area contributed by atoms with E-state index in [2.05, 4.69) is 38.3 Å². The van der Waals surface area contributed by atoms with Gasteiger partial charge in [0.1, 0.15) is 24.2 Å². The zero-order valence-electron chi connectivity index (χ0n) is 16.4. The van der Waals surface area contributed by atoms with Crippen LogP contribution in [0.5, 0.6) is 11.5 Å². The van der Waals surface area contributed by atoms with E-state index in [0.29, 0.717) is 12.6 Å². The van der Waals surface area contributed by atoms with Crippen LogP contribution >= 0.6 is 24.8 Å². The molecule has 1 atom stereocenters. The lowest BCUT2D eigenvalue weighted by Crippen LogP contribution is -2.62. The largest absolute Gasteiger partial charge is 0.497 e. The molecule has 0 aliphatic carbocycles. The van der Waals surface area contributed by atoms with Crippen LogP contribution in [0.3, 0.4) is 0 Å². The van der Waals surface area contributed by atoms with Gasteiger partial charge in [0, 0.05) is 23.7 Å². The number of rotatable bonds is 7. The van der Waals surface area contributed by atoms with Gasteiger partial charge in [-0.1, -0.05) is 0 Å². The van der Waals surface area contributed by atoms with Crippen molar-refractivity contribution in [3.8, 4) is 11.5 Å². The molecule has 152 valence electrons. The van der Waals surface area contributed by atoms with Crippen molar-refractivity contribution in [1.29, 1.82) is 0 Å². The van der Waals surface area contributed by atoms with Gasteiger partial charge in [-0.25, -0.2) is 0 Å². The summed E-state index contributed by atoms with van der Waals surface area (Å²) < 4.78 is 10.7. The van der Waals surface area contributed by atoms with Gasteiger partial charge >= 0.3 is 0 Å². The van der Waals surface area contributed by atoms with E-state index in [0.717, 1.165) is 24.3 Å². The van der Waals surface area contributed by atoms with Gasteiger partial charge in [0.25, 0.3) is 0 Å². The number of methoxy groups -OCH3 is 1. The van der Waals surface area contributed by atoms with E-state index in [1.165, 1.54) is 0 Å². The predicted octanol–water partition coefficient (Wildman–Crippen LogP) is 3.18. The van der Waals surface area contributed by atoms with Crippen molar-refractivity contribution >= 4 is 24.8 Å². The van der Waals surface area contributed by atoms with Gasteiger partial charge in [-0.3, -0.25) is 0 Å². The lowest BCUT2D eigenvalue weighted by Gasteiger charge is -2.47. The summed E-state index contributed by atoms with van der Waals surface area (Å²) >= 11 is 0. The smallest absolute Gasteiger partial charge is 0.119 e. The lowest BCUT2D eigenvalue weighted by atomic mass is 9.79. The zero-order valence-corrected chi connectivity index (χ0v) is 18.0. The van der Waals surface area contributed by atoms with E-state index in [1.807, 2.05) is 24.3 Å². The molecular weight excluding hydrogens is 375 g/mol. The fraction of sp³-hybridized carbons (Fsp3) is 0.684. The van der Waals surface area contributed by atoms with E-state index in [1.54, 1.807) is 7.11 Å². The van der Waals surface area contributed by atoms with Crippen LogP contribution in [-0.2, 0) is 0 Å². The van der Waals surface area contributed by atoms with Crippen LogP contribution in [0.2, 0.25) is 0 Å². The Labute approximate surface area is 170 Å². The molecule has 1 fully saturated rings. The molecular formula is C19H34Cl2N2O3. The average Bonchev–Trinajstić information content (AvgIpc) is 2.48. The van der Waals surface area contributed by atoms with Crippen molar-refractivity contribution in [2.75, 3.05) is 20.3 Å². The highest BCUT2D eigenvalue weighted by molar-refractivity contribution is 5.85. The minimum absolute atomic E-state index is 0. The predicted molar refractivity (Wildman–Crippen MR) is 111 cm³/mol. The highest BCUT2D eigenvalue weighted by Gasteiger charge is 2.37. The van der Waals surface area contributed by atoms with Crippen molar-refractivity contribution in [3.63, 3.8) is 0 Å². The SMILES string of the molecule is COc1ccc(OCC(O)CNC2CC(C)(C)NC(C)(C)C2)cc1.Cl.Cl. The number of benzene rings is 1. The van der Waals surface area contributed by atoms with Crippen molar-refractivity contribution in [1.82, 2.24) is 10.6 Å². The van der Waals surface area contributed by atoms with Gasteiger partial charge in [0.2, 0.25) is 0 Å². The van der Waals surface area contributed by atoms with Crippen LogP contribution in [0.15, 0.2) is 24.3 Å². The number of hydrogen-bond donors (Lipinski definition) is 3. The molecule has 26 heavy (non-hydrogen) atoms. The van der Waals surface area contributed by atoms with Gasteiger partial charge in [-0.2, -0.15) is 0 Å². The summed E-state index contributed by atoms with van der Waals surface area (Å²) in [5, 5.41) is 17.3. The molecule has 1 aliphatic rings. The Morgan fingerprint density at radius 3 is 2.08 bits per heavy atom. The molecule has 2 rings (SSSR count). The van der Waals surface area contributed by atoms with Gasteiger partial charge in [0.05, 0.1) is 7.11 Å². The van der Waals surface area contributed by atoms with Crippen LogP contribution in [0.1, 0.15) is 40.5 Å². The molecule has 5 nitrogen and oxygen atoms in total. The second-order valence-electron chi connectivity index (χ2n) is 8.05. The number of aliphatic hydroxyl groups excluding tert-OH is 1. The maximum atomic E-state index is 10.2. The van der Waals surface area contributed by atoms with Crippen LogP contribution in [0, 0.1) is 0 Å². The maximum Gasteiger partial charge on any atom is 0.119 e. The quantitative estimate of drug-likeness (QED) is 0.646. The summed E-state index contributed by atoms with van der Waals surface area (Å²) in [6.07, 6.45) is 1.55. The molecule has 1 saturated heterocycles. The summed E-state index contributed by atoms with van der Waals surface area (Å²) in [5.41, 5.74) is 0.202. The first-order valence-corrected chi connectivity index (χ1v) is 8.67. The number of hydrogen-bond acceptors (Lipinski definition) is 5. The summed E-state index contributed by atoms with van der Waals surface area (Å²) in [6.45, 7) is 9.72. The van der Waals surface area contributed by atoms with E-state index >= 15 is 0 Å². The van der Waals surface area contributed by atoms with Gasteiger partial charge < -0.3 is 25.2 Å². The second kappa shape index (κ2) is 10.6. The number of ether oxygens (including phenoxy) is 2. The summed E-state index contributed by atoms with van der Waals surface area (Å²) in [6, 6.07) is 7.78. The van der Waals surface area contributed by atoms with E-state index in [-0.39, 0.29) is 42.5 Å². The topological polar surface area (TPSA) is 62.8 Å². The molecule has 1 heterocycles. The fourth-order valence-electron chi connectivity index (χ4n) is 3.69. The Morgan fingerprint density at radius 1 is 1.08 bits per heavy atom. The Hall–Kier alpha value is -0.720. The van der Waals surface area contributed by atoms with Crippen molar-refractivity contribution in [2.45, 2.75) is 63.8 Å². The molecule has 1 aliphatic heterocycles. The summed E-state index contributed by atoms with van der Waals surface area (Å²) in [7, 11) is 1.63. The van der Waals surface area contributed by atoms with E-state index in [9.17, 15) is 5.11 Å². The third-order valence-corrected chi connectivity index (χ3v) is 4.33. The Bertz CT molecular complexity index is 508. The standard InChI is InChI=1S/C19H32N2O3.2ClH/c1-18(2)10-14(11-19(3,4)21-18)20-12-15(22)13-24-17-8-6-16(23-5)7-9-17;;/h6-9,14-15,20-22H,10-13H2,1-5H3;2*1H. The molecule has 0 amide bonds. The molecule has 7 heteroatoms. The van der Waals surface area contributed by atoms with Gasteiger partial charge in [-0.05, 0) is 64.8 Å². The Balaban J connectivity index is 0.00000312. The molecule has 0 radical (unpaired) electrons. The van der Waals surface area contributed by atoms with Crippen LogP contribution in [0.4, 0.5) is 0 Å². The van der Waals surface area contributed by atoms with E-state index < -0.39 is 6.10 Å². The van der Waals surface area contributed by atoms with Crippen LogP contribution in [0.25, 0.3) is 0 Å². The highest BCUT2D eigenvalue weighted by atomic mass is 35.5. The molecule has 1 aromatic rings. The average molecular weight is 409 g/mol. The van der Waals surface area contributed by atoms with Crippen molar-refractivity contribution < 1.29 is 14.6 Å². The zero-order chi connectivity index (χ0) is 17.8. The first kappa shape index (κ1) is 25.3. The number of aliphatic hydroxyl groups is 1. The molecule has 0 aromatic heterocycles. The normalized spacial score (nSPS) is 19.6. The Morgan fingerprint density at radius 2 is 1.58 bits per heavy atom. The fourth-order valence-corrected chi connectivity index (χ4v) is 3.69. The van der Waals surface area contributed by atoms with Crippen LogP contribution in [-0.4, -0.2) is 48.6 Å². The van der Waals surface area contributed by atoms with Crippen molar-refractivity contribution in [3.05, 3.63) is 24.3 Å². The molecule has 0 saturated carbocycles. The lowest BCUT2D eigenvalue weighted by molar-refractivity contribution is 0.0901. The maximum absolute atomic E-state index is 10.2. The number of piperidine rings is 1. The van der Waals surface area contributed by atoms with Crippen molar-refractivity contribution in [2.24, 2.45) is 0 Å². The van der Waals surface area contributed by atoms with Gasteiger partial charge in [0.15, 0.2) is 0 Å².